The van der Waals surface area contributed by atoms with E-state index in [1.165, 1.54) is 35.2 Å². The summed E-state index contributed by atoms with van der Waals surface area (Å²) in [5.74, 6) is -1.88. The quantitative estimate of drug-likeness (QED) is 0.364. The molecule has 1 amide bonds. The van der Waals surface area contributed by atoms with E-state index in [-0.39, 0.29) is 34.1 Å². The summed E-state index contributed by atoms with van der Waals surface area (Å²) in [6.45, 7) is 7.72. The molecule has 0 radical (unpaired) electrons. The predicted octanol–water partition coefficient (Wildman–Crippen LogP) is 6.58. The lowest BCUT2D eigenvalue weighted by atomic mass is 10.0. The lowest BCUT2D eigenvalue weighted by Crippen LogP contribution is -2.40. The first-order valence-corrected chi connectivity index (χ1v) is 10.9. The average molecular weight is 494 g/mol. The molecule has 0 aliphatic carbocycles. The Balaban J connectivity index is 2.01. The molecule has 33 heavy (non-hydrogen) atoms. The number of ether oxygens (including phenoxy) is 1. The molecule has 0 fully saturated rings. The van der Waals surface area contributed by atoms with Gasteiger partial charge in [-0.15, -0.1) is 0 Å². The number of carbonyl (C=O) groups is 1. The number of hydrogen-bond donors (Lipinski definition) is 0. The second-order valence-corrected chi connectivity index (χ2v) is 9.15. The number of aromatic nitrogens is 2. The molecule has 0 N–H and O–H groups in total. The fourth-order valence-corrected chi connectivity index (χ4v) is 3.92. The van der Waals surface area contributed by atoms with Crippen LogP contribution in [0.3, 0.4) is 0 Å². The SMILES string of the molecule is C[C@H](CN(C(=O)c1c(Cl)ncnc1Cl)c1ccc(-c2c(F)cccc2F)cc1)OC(C)(C)C. The zero-order chi connectivity index (χ0) is 24.3. The van der Waals surface area contributed by atoms with Gasteiger partial charge in [-0.1, -0.05) is 41.4 Å². The van der Waals surface area contributed by atoms with Crippen molar-refractivity contribution in [1.29, 1.82) is 0 Å². The topological polar surface area (TPSA) is 55.3 Å². The zero-order valence-corrected chi connectivity index (χ0v) is 20.1. The summed E-state index contributed by atoms with van der Waals surface area (Å²) in [4.78, 5) is 22.6. The van der Waals surface area contributed by atoms with Crippen molar-refractivity contribution < 1.29 is 18.3 Å². The maximum atomic E-state index is 14.2. The Bertz CT molecular complexity index is 1110. The molecule has 174 valence electrons. The maximum absolute atomic E-state index is 14.2. The zero-order valence-electron chi connectivity index (χ0n) is 18.6. The molecular formula is C24H23Cl2F2N3O2. The molecule has 1 heterocycles. The lowest BCUT2D eigenvalue weighted by molar-refractivity contribution is -0.0469. The molecule has 3 rings (SSSR count). The van der Waals surface area contributed by atoms with E-state index in [4.69, 9.17) is 27.9 Å². The van der Waals surface area contributed by atoms with E-state index in [0.717, 1.165) is 6.33 Å². The van der Waals surface area contributed by atoms with Gasteiger partial charge in [-0.3, -0.25) is 4.79 Å². The Hall–Kier alpha value is -2.61. The Kier molecular flexibility index (Phi) is 7.67. The average Bonchev–Trinajstić information content (AvgIpc) is 2.71. The fraction of sp³-hybridized carbons (Fsp3) is 0.292. The normalized spacial score (nSPS) is 12.5. The van der Waals surface area contributed by atoms with Gasteiger partial charge in [0.05, 0.1) is 23.8 Å². The lowest BCUT2D eigenvalue weighted by Gasteiger charge is -2.30. The molecule has 0 bridgehead atoms. The van der Waals surface area contributed by atoms with Crippen LogP contribution < -0.4 is 4.90 Å². The van der Waals surface area contributed by atoms with Crippen molar-refractivity contribution in [2.45, 2.75) is 39.4 Å². The number of nitrogens with zero attached hydrogens (tertiary/aromatic N) is 3. The molecule has 0 saturated carbocycles. The van der Waals surface area contributed by atoms with Crippen molar-refractivity contribution in [3.05, 3.63) is 76.3 Å². The predicted molar refractivity (Wildman–Crippen MR) is 126 cm³/mol. The number of anilines is 1. The molecule has 0 spiro atoms. The van der Waals surface area contributed by atoms with E-state index in [2.05, 4.69) is 9.97 Å². The van der Waals surface area contributed by atoms with E-state index in [0.29, 0.717) is 11.3 Å². The van der Waals surface area contributed by atoms with E-state index in [9.17, 15) is 13.6 Å². The molecule has 2 aromatic carbocycles. The minimum Gasteiger partial charge on any atom is -0.371 e. The first kappa shape index (κ1) is 25.0. The molecule has 1 atom stereocenters. The van der Waals surface area contributed by atoms with E-state index in [1.54, 1.807) is 12.1 Å². The van der Waals surface area contributed by atoms with Gasteiger partial charge in [-0.2, -0.15) is 0 Å². The van der Waals surface area contributed by atoms with E-state index < -0.39 is 23.1 Å². The highest BCUT2D eigenvalue weighted by Crippen LogP contribution is 2.30. The monoisotopic (exact) mass is 493 g/mol. The first-order chi connectivity index (χ1) is 15.5. The number of hydrogen-bond acceptors (Lipinski definition) is 4. The van der Waals surface area contributed by atoms with Gasteiger partial charge in [0.1, 0.15) is 33.8 Å². The highest BCUT2D eigenvalue weighted by molar-refractivity contribution is 6.39. The van der Waals surface area contributed by atoms with Crippen LogP contribution in [-0.2, 0) is 4.74 Å². The molecule has 0 unspecified atom stereocenters. The van der Waals surface area contributed by atoms with Crippen LogP contribution in [0.5, 0.6) is 0 Å². The van der Waals surface area contributed by atoms with Crippen LogP contribution in [0.25, 0.3) is 11.1 Å². The smallest absolute Gasteiger partial charge is 0.264 e. The number of amides is 1. The molecular weight excluding hydrogens is 471 g/mol. The van der Waals surface area contributed by atoms with Crippen molar-refractivity contribution in [2.24, 2.45) is 0 Å². The summed E-state index contributed by atoms with van der Waals surface area (Å²) in [5, 5.41) is -0.168. The van der Waals surface area contributed by atoms with Crippen LogP contribution in [0.1, 0.15) is 38.1 Å². The van der Waals surface area contributed by atoms with Gasteiger partial charge in [0, 0.05) is 5.69 Å². The number of halogens is 4. The first-order valence-electron chi connectivity index (χ1n) is 10.2. The molecule has 9 heteroatoms. The molecule has 0 aliphatic heterocycles. The van der Waals surface area contributed by atoms with Gasteiger partial charge in [0.2, 0.25) is 0 Å². The maximum Gasteiger partial charge on any atom is 0.264 e. The van der Waals surface area contributed by atoms with Crippen LogP contribution in [0.2, 0.25) is 10.3 Å². The molecule has 1 aromatic heterocycles. The molecule has 0 aliphatic rings. The van der Waals surface area contributed by atoms with Gasteiger partial charge in [0.25, 0.3) is 5.91 Å². The van der Waals surface area contributed by atoms with E-state index >= 15 is 0 Å². The Morgan fingerprint density at radius 3 is 2.09 bits per heavy atom. The van der Waals surface area contributed by atoms with Gasteiger partial charge < -0.3 is 9.64 Å². The fourth-order valence-electron chi connectivity index (χ4n) is 3.44. The van der Waals surface area contributed by atoms with E-state index in [1.807, 2.05) is 27.7 Å². The summed E-state index contributed by atoms with van der Waals surface area (Å²) in [5.41, 5.74) is 0.161. The third-order valence-corrected chi connectivity index (χ3v) is 5.21. The summed E-state index contributed by atoms with van der Waals surface area (Å²) in [7, 11) is 0. The van der Waals surface area contributed by atoms with Gasteiger partial charge in [0.15, 0.2) is 0 Å². The summed E-state index contributed by atoms with van der Waals surface area (Å²) < 4.78 is 34.4. The Morgan fingerprint density at radius 2 is 1.58 bits per heavy atom. The van der Waals surface area contributed by atoms with Crippen LogP contribution in [0.15, 0.2) is 48.8 Å². The van der Waals surface area contributed by atoms with Crippen molar-refractivity contribution in [3.63, 3.8) is 0 Å². The standard InChI is InChI=1S/C24H23Cl2F2N3O2/c1-14(33-24(2,3)4)12-31(23(32)20-21(25)29-13-30-22(20)26)16-10-8-15(9-11-16)19-17(27)6-5-7-18(19)28/h5-11,13-14H,12H2,1-4H3/t14-/m1/s1. The van der Waals surface area contributed by atoms with Crippen LogP contribution in [0.4, 0.5) is 14.5 Å². The minimum absolute atomic E-state index is 0.0481. The summed E-state index contributed by atoms with van der Waals surface area (Å²) in [6, 6.07) is 9.94. The second-order valence-electron chi connectivity index (χ2n) is 8.43. The van der Waals surface area contributed by atoms with Crippen molar-refractivity contribution in [3.8, 4) is 11.1 Å². The number of carbonyl (C=O) groups excluding carboxylic acids is 1. The largest absolute Gasteiger partial charge is 0.371 e. The Labute approximate surface area is 201 Å². The number of benzene rings is 2. The van der Waals surface area contributed by atoms with Gasteiger partial charge in [-0.25, -0.2) is 18.7 Å². The minimum atomic E-state index is -0.678. The molecule has 3 aromatic rings. The van der Waals surface area contributed by atoms with Gasteiger partial charge >= 0.3 is 0 Å². The molecule has 0 saturated heterocycles. The van der Waals surface area contributed by atoms with Crippen molar-refractivity contribution in [1.82, 2.24) is 9.97 Å². The highest BCUT2D eigenvalue weighted by atomic mass is 35.5. The highest BCUT2D eigenvalue weighted by Gasteiger charge is 2.27. The van der Waals surface area contributed by atoms with Crippen LogP contribution >= 0.6 is 23.2 Å². The molecule has 5 nitrogen and oxygen atoms in total. The number of rotatable bonds is 6. The van der Waals surface area contributed by atoms with Crippen LogP contribution in [0, 0.1) is 11.6 Å². The Morgan fingerprint density at radius 1 is 1.03 bits per heavy atom. The van der Waals surface area contributed by atoms with Gasteiger partial charge in [-0.05, 0) is 57.5 Å². The van der Waals surface area contributed by atoms with Crippen molar-refractivity contribution >= 4 is 34.8 Å². The van der Waals surface area contributed by atoms with Crippen molar-refractivity contribution in [2.75, 3.05) is 11.4 Å². The van der Waals surface area contributed by atoms with Crippen LogP contribution in [-0.4, -0.2) is 34.1 Å². The summed E-state index contributed by atoms with van der Waals surface area (Å²) >= 11 is 12.3. The third kappa shape index (κ3) is 6.05. The second kappa shape index (κ2) is 10.1. The third-order valence-electron chi connectivity index (χ3n) is 4.64. The summed E-state index contributed by atoms with van der Waals surface area (Å²) in [6.07, 6.45) is 0.800.